The van der Waals surface area contributed by atoms with Crippen LogP contribution in [0.3, 0.4) is 0 Å². The molecule has 2 atom stereocenters. The summed E-state index contributed by atoms with van der Waals surface area (Å²) in [6.45, 7) is 3.96. The van der Waals surface area contributed by atoms with E-state index >= 15 is 0 Å². The van der Waals surface area contributed by atoms with Crippen molar-refractivity contribution in [1.29, 1.82) is 0 Å². The first kappa shape index (κ1) is 14.4. The monoisotopic (exact) mass is 286 g/mol. The van der Waals surface area contributed by atoms with Crippen LogP contribution >= 0.6 is 0 Å². The van der Waals surface area contributed by atoms with Crippen LogP contribution in [0.5, 0.6) is 0 Å². The molecule has 0 amide bonds. The maximum absolute atomic E-state index is 13.1. The van der Waals surface area contributed by atoms with E-state index in [1.807, 2.05) is 6.92 Å². The molecule has 0 aromatic heterocycles. The largest absolute Gasteiger partial charge is 0.315 e. The second-order valence-electron chi connectivity index (χ2n) is 5.14. The topological polar surface area (TPSA) is 63.4 Å². The Labute approximate surface area is 113 Å². The average molecular weight is 286 g/mol. The number of nitrogens with two attached hydrogens (primary N) is 1. The lowest BCUT2D eigenvalue weighted by molar-refractivity contribution is 0.192. The van der Waals surface area contributed by atoms with Gasteiger partial charge >= 0.3 is 0 Å². The molecule has 0 radical (unpaired) electrons. The molecule has 0 bridgehead atoms. The predicted octanol–water partition coefficient (Wildman–Crippen LogP) is 1.84. The highest BCUT2D eigenvalue weighted by atomic mass is 32.2. The van der Waals surface area contributed by atoms with Gasteiger partial charge in [0.1, 0.15) is 5.82 Å². The Bertz CT molecular complexity index is 574. The van der Waals surface area contributed by atoms with E-state index < -0.39 is 22.0 Å². The Morgan fingerprint density at radius 3 is 2.74 bits per heavy atom. The Morgan fingerprint density at radius 1 is 1.42 bits per heavy atom. The van der Waals surface area contributed by atoms with Crippen molar-refractivity contribution in [3.05, 3.63) is 29.6 Å². The number of hydrogen-bond acceptors (Lipinski definition) is 3. The van der Waals surface area contributed by atoms with Gasteiger partial charge in [0.15, 0.2) is 0 Å². The fraction of sp³-hybridized carbons (Fsp3) is 0.538. The average Bonchev–Trinajstić information content (AvgIpc) is 2.31. The van der Waals surface area contributed by atoms with E-state index in [4.69, 9.17) is 5.73 Å². The molecule has 1 aliphatic heterocycles. The molecule has 19 heavy (non-hydrogen) atoms. The van der Waals surface area contributed by atoms with E-state index in [2.05, 4.69) is 0 Å². The number of benzene rings is 1. The van der Waals surface area contributed by atoms with Gasteiger partial charge in [-0.1, -0.05) is 6.92 Å². The molecule has 1 aromatic rings. The van der Waals surface area contributed by atoms with Crippen molar-refractivity contribution in [2.75, 3.05) is 6.54 Å². The summed E-state index contributed by atoms with van der Waals surface area (Å²) in [6.07, 6.45) is 1.22. The second kappa shape index (κ2) is 5.19. The van der Waals surface area contributed by atoms with Crippen LogP contribution in [0.1, 0.15) is 25.3 Å². The van der Waals surface area contributed by atoms with Crippen LogP contribution in [0.25, 0.3) is 0 Å². The van der Waals surface area contributed by atoms with Crippen molar-refractivity contribution in [2.24, 2.45) is 11.7 Å². The highest BCUT2D eigenvalue weighted by Gasteiger charge is 2.35. The summed E-state index contributed by atoms with van der Waals surface area (Å²) in [6, 6.07) is 3.70. The Kier molecular flexibility index (Phi) is 3.94. The molecule has 2 rings (SSSR count). The molecule has 1 heterocycles. The molecule has 0 aliphatic carbocycles. The molecule has 1 aliphatic rings. The summed E-state index contributed by atoms with van der Waals surface area (Å²) in [5, 5.41) is 0. The molecule has 1 aromatic carbocycles. The number of aryl methyl sites for hydroxylation is 1. The van der Waals surface area contributed by atoms with Gasteiger partial charge in [-0.2, -0.15) is 4.31 Å². The van der Waals surface area contributed by atoms with Crippen molar-refractivity contribution in [3.8, 4) is 0 Å². The minimum atomic E-state index is -3.65. The molecule has 4 nitrogen and oxygen atoms in total. The Balaban J connectivity index is 2.41. The number of hydrogen-bond donors (Lipinski definition) is 1. The second-order valence-corrected chi connectivity index (χ2v) is 6.99. The van der Waals surface area contributed by atoms with Gasteiger partial charge in [-0.25, -0.2) is 12.8 Å². The van der Waals surface area contributed by atoms with E-state index in [0.717, 1.165) is 12.8 Å². The normalized spacial score (nSPS) is 25.5. The molecule has 0 spiro atoms. The van der Waals surface area contributed by atoms with Crippen LogP contribution in [-0.4, -0.2) is 25.4 Å². The first-order valence-corrected chi connectivity index (χ1v) is 7.81. The van der Waals surface area contributed by atoms with E-state index in [1.54, 1.807) is 6.92 Å². The van der Waals surface area contributed by atoms with Crippen molar-refractivity contribution in [2.45, 2.75) is 37.8 Å². The lowest BCUT2D eigenvalue weighted by Crippen LogP contribution is -2.52. The molecule has 106 valence electrons. The molecule has 2 N–H and O–H groups in total. The first-order chi connectivity index (χ1) is 8.84. The highest BCUT2D eigenvalue weighted by molar-refractivity contribution is 7.89. The number of nitrogens with zero attached hydrogens (tertiary/aromatic N) is 1. The fourth-order valence-corrected chi connectivity index (χ4v) is 4.34. The summed E-state index contributed by atoms with van der Waals surface area (Å²) in [5.74, 6) is -0.308. The van der Waals surface area contributed by atoms with E-state index in [9.17, 15) is 12.8 Å². The van der Waals surface area contributed by atoms with Crippen LogP contribution in [0.2, 0.25) is 0 Å². The minimum Gasteiger partial charge on any atom is -0.315 e. The molecular weight excluding hydrogens is 267 g/mol. The van der Waals surface area contributed by atoms with E-state index in [0.29, 0.717) is 12.1 Å². The number of halogens is 1. The quantitative estimate of drug-likeness (QED) is 0.902. The SMILES string of the molecule is Cc1cc(F)ccc1S(=O)(=O)N1CCCC(C)C1N. The molecule has 1 saturated heterocycles. The summed E-state index contributed by atoms with van der Waals surface area (Å²) in [5.41, 5.74) is 6.41. The number of piperidine rings is 1. The summed E-state index contributed by atoms with van der Waals surface area (Å²) < 4.78 is 39.6. The van der Waals surface area contributed by atoms with Crippen LogP contribution < -0.4 is 5.73 Å². The van der Waals surface area contributed by atoms with E-state index in [-0.39, 0.29) is 10.8 Å². The highest BCUT2D eigenvalue weighted by Crippen LogP contribution is 2.28. The standard InChI is InChI=1S/C13H19FN2O2S/c1-9-4-3-7-16(13(9)15)19(17,18)12-6-5-11(14)8-10(12)2/h5-6,8-9,13H,3-4,7,15H2,1-2H3. The Morgan fingerprint density at radius 2 is 2.11 bits per heavy atom. The summed E-state index contributed by atoms with van der Waals surface area (Å²) in [7, 11) is -3.65. The van der Waals surface area contributed by atoms with Crippen LogP contribution in [0.4, 0.5) is 4.39 Å². The van der Waals surface area contributed by atoms with Gasteiger partial charge in [0.2, 0.25) is 10.0 Å². The molecule has 1 fully saturated rings. The third-order valence-corrected chi connectivity index (χ3v) is 5.73. The van der Waals surface area contributed by atoms with Crippen LogP contribution in [-0.2, 0) is 10.0 Å². The summed E-state index contributed by atoms with van der Waals surface area (Å²) >= 11 is 0. The third-order valence-electron chi connectivity index (χ3n) is 3.68. The smallest absolute Gasteiger partial charge is 0.244 e. The van der Waals surface area contributed by atoms with E-state index in [1.165, 1.54) is 22.5 Å². The van der Waals surface area contributed by atoms with Crippen LogP contribution in [0, 0.1) is 18.7 Å². The summed E-state index contributed by atoms with van der Waals surface area (Å²) in [4.78, 5) is 0.137. The minimum absolute atomic E-state index is 0.129. The molecule has 0 saturated carbocycles. The van der Waals surface area contributed by atoms with Gasteiger partial charge in [-0.05, 0) is 49.4 Å². The van der Waals surface area contributed by atoms with Gasteiger partial charge in [0, 0.05) is 6.54 Å². The van der Waals surface area contributed by atoms with Crippen molar-refractivity contribution in [1.82, 2.24) is 4.31 Å². The Hall–Kier alpha value is -0.980. The van der Waals surface area contributed by atoms with Gasteiger partial charge in [0.25, 0.3) is 0 Å². The zero-order chi connectivity index (χ0) is 14.2. The zero-order valence-electron chi connectivity index (χ0n) is 11.1. The maximum Gasteiger partial charge on any atom is 0.244 e. The number of sulfonamides is 1. The van der Waals surface area contributed by atoms with Crippen molar-refractivity contribution in [3.63, 3.8) is 0 Å². The predicted molar refractivity (Wildman–Crippen MR) is 71.4 cm³/mol. The van der Waals surface area contributed by atoms with Gasteiger partial charge in [0.05, 0.1) is 11.1 Å². The van der Waals surface area contributed by atoms with Gasteiger partial charge in [-0.3, -0.25) is 0 Å². The molecule has 2 unspecified atom stereocenters. The third kappa shape index (κ3) is 2.66. The number of rotatable bonds is 2. The maximum atomic E-state index is 13.1. The van der Waals surface area contributed by atoms with Crippen molar-refractivity contribution >= 4 is 10.0 Å². The lowest BCUT2D eigenvalue weighted by Gasteiger charge is -2.36. The molecule has 6 heteroatoms. The zero-order valence-corrected chi connectivity index (χ0v) is 12.0. The lowest BCUT2D eigenvalue weighted by atomic mass is 9.99. The van der Waals surface area contributed by atoms with Crippen LogP contribution in [0.15, 0.2) is 23.1 Å². The molecular formula is C13H19FN2O2S. The first-order valence-electron chi connectivity index (χ1n) is 6.37. The van der Waals surface area contributed by atoms with Gasteiger partial charge in [-0.15, -0.1) is 0 Å². The van der Waals surface area contributed by atoms with Gasteiger partial charge < -0.3 is 5.73 Å². The fourth-order valence-electron chi connectivity index (χ4n) is 2.48. The van der Waals surface area contributed by atoms with Crippen molar-refractivity contribution < 1.29 is 12.8 Å².